The summed E-state index contributed by atoms with van der Waals surface area (Å²) in [6, 6.07) is 10.4. The molecule has 1 aliphatic rings. The van der Waals surface area contributed by atoms with Gasteiger partial charge in [0.05, 0.1) is 10.6 Å². The third-order valence-corrected chi connectivity index (χ3v) is 4.71. The maximum atomic E-state index is 12.9. The minimum absolute atomic E-state index is 0.0480. The van der Waals surface area contributed by atoms with E-state index in [1.165, 1.54) is 12.5 Å². The zero-order valence-corrected chi connectivity index (χ0v) is 14.7. The lowest BCUT2D eigenvalue weighted by Gasteiger charge is -2.28. The second-order valence-electron chi connectivity index (χ2n) is 6.24. The van der Waals surface area contributed by atoms with Crippen molar-refractivity contribution in [1.29, 1.82) is 0 Å². The average molecular weight is 383 g/mol. The zero-order valence-electron chi connectivity index (χ0n) is 13.9. The highest BCUT2D eigenvalue weighted by Crippen LogP contribution is 2.36. The third-order valence-electron chi connectivity index (χ3n) is 4.38. The van der Waals surface area contributed by atoms with Crippen LogP contribution >= 0.6 is 11.6 Å². The molecule has 0 unspecified atom stereocenters. The van der Waals surface area contributed by atoms with Gasteiger partial charge in [0.25, 0.3) is 5.91 Å². The molecule has 1 saturated heterocycles. The Balaban J connectivity index is 1.72. The summed E-state index contributed by atoms with van der Waals surface area (Å²) in [5.41, 5.74) is 0.505. The van der Waals surface area contributed by atoms with Crippen LogP contribution < -0.4 is 10.2 Å². The Morgan fingerprint density at radius 2 is 1.65 bits per heavy atom. The third kappa shape index (κ3) is 4.30. The zero-order chi connectivity index (χ0) is 18.7. The molecule has 1 amide bonds. The van der Waals surface area contributed by atoms with E-state index in [-0.39, 0.29) is 5.69 Å². The Bertz CT molecular complexity index is 784. The van der Waals surface area contributed by atoms with Crippen LogP contribution in [0, 0.1) is 0 Å². The molecule has 2 aromatic rings. The molecule has 1 fully saturated rings. The number of hydrogen-bond acceptors (Lipinski definition) is 2. The summed E-state index contributed by atoms with van der Waals surface area (Å²) < 4.78 is 38.7. The molecule has 2 aromatic carbocycles. The van der Waals surface area contributed by atoms with E-state index in [1.54, 1.807) is 12.1 Å². The van der Waals surface area contributed by atoms with Gasteiger partial charge >= 0.3 is 6.18 Å². The van der Waals surface area contributed by atoms with Gasteiger partial charge in [0.1, 0.15) is 0 Å². The number of benzene rings is 2. The van der Waals surface area contributed by atoms with Crippen LogP contribution in [0.3, 0.4) is 0 Å². The number of anilines is 2. The molecule has 26 heavy (non-hydrogen) atoms. The topological polar surface area (TPSA) is 32.3 Å². The molecule has 1 heterocycles. The molecule has 3 nitrogen and oxygen atoms in total. The number of carbonyl (C=O) groups excluding carboxylic acids is 1. The number of hydrogen-bond donors (Lipinski definition) is 1. The number of nitrogens with zero attached hydrogens (tertiary/aromatic N) is 1. The first-order valence-electron chi connectivity index (χ1n) is 8.38. The molecular weight excluding hydrogens is 365 g/mol. The number of halogens is 4. The standard InChI is InChI=1S/C19H18ClF3N2O/c20-17-9-6-14(12-16(17)19(21,22)23)24-18(26)13-4-7-15(8-5-13)25-10-2-1-3-11-25/h4-9,12H,1-3,10-11H2,(H,24,26). The van der Waals surface area contributed by atoms with E-state index in [4.69, 9.17) is 11.6 Å². The van der Waals surface area contributed by atoms with Gasteiger partial charge in [0.2, 0.25) is 0 Å². The molecule has 0 aromatic heterocycles. The first kappa shape index (κ1) is 18.6. The van der Waals surface area contributed by atoms with Crippen molar-refractivity contribution in [3.05, 3.63) is 58.6 Å². The van der Waals surface area contributed by atoms with E-state index in [2.05, 4.69) is 10.2 Å². The van der Waals surface area contributed by atoms with Crippen molar-refractivity contribution in [1.82, 2.24) is 0 Å². The van der Waals surface area contributed by atoms with E-state index < -0.39 is 22.7 Å². The molecule has 3 rings (SSSR count). The highest BCUT2D eigenvalue weighted by atomic mass is 35.5. The minimum Gasteiger partial charge on any atom is -0.372 e. The van der Waals surface area contributed by atoms with Gasteiger partial charge in [-0.15, -0.1) is 0 Å². The fourth-order valence-corrected chi connectivity index (χ4v) is 3.22. The fourth-order valence-electron chi connectivity index (χ4n) is 3.00. The summed E-state index contributed by atoms with van der Waals surface area (Å²) in [6.07, 6.45) is -1.04. The highest BCUT2D eigenvalue weighted by molar-refractivity contribution is 6.31. The Morgan fingerprint density at radius 1 is 1.00 bits per heavy atom. The number of carbonyl (C=O) groups is 1. The first-order chi connectivity index (χ1) is 12.3. The van der Waals surface area contributed by atoms with Crippen LogP contribution in [0.2, 0.25) is 5.02 Å². The molecule has 0 atom stereocenters. The molecule has 0 radical (unpaired) electrons. The lowest BCUT2D eigenvalue weighted by atomic mass is 10.1. The molecule has 0 bridgehead atoms. The monoisotopic (exact) mass is 382 g/mol. The maximum Gasteiger partial charge on any atom is 0.417 e. The van der Waals surface area contributed by atoms with Gasteiger partial charge in [-0.25, -0.2) is 0 Å². The molecule has 1 N–H and O–H groups in total. The number of amides is 1. The van der Waals surface area contributed by atoms with Crippen LogP contribution in [0.4, 0.5) is 24.5 Å². The number of rotatable bonds is 3. The normalized spacial score (nSPS) is 15.0. The summed E-state index contributed by atoms with van der Waals surface area (Å²) in [4.78, 5) is 14.6. The predicted molar refractivity (Wildman–Crippen MR) is 96.9 cm³/mol. The highest BCUT2D eigenvalue weighted by Gasteiger charge is 2.33. The summed E-state index contributed by atoms with van der Waals surface area (Å²) in [6.45, 7) is 1.99. The van der Waals surface area contributed by atoms with Crippen LogP contribution in [0.5, 0.6) is 0 Å². The van der Waals surface area contributed by atoms with Gasteiger partial charge in [0.15, 0.2) is 0 Å². The van der Waals surface area contributed by atoms with Gasteiger partial charge in [-0.1, -0.05) is 11.6 Å². The summed E-state index contributed by atoms with van der Waals surface area (Å²) in [5, 5.41) is 2.08. The van der Waals surface area contributed by atoms with Crippen LogP contribution in [-0.4, -0.2) is 19.0 Å². The molecule has 0 saturated carbocycles. The second-order valence-corrected chi connectivity index (χ2v) is 6.65. The summed E-state index contributed by atoms with van der Waals surface area (Å²) >= 11 is 5.59. The van der Waals surface area contributed by atoms with Crippen molar-refractivity contribution in [2.75, 3.05) is 23.3 Å². The van der Waals surface area contributed by atoms with Crippen molar-refractivity contribution >= 4 is 28.9 Å². The minimum atomic E-state index is -4.58. The van der Waals surface area contributed by atoms with Gasteiger partial charge in [-0.3, -0.25) is 4.79 Å². The lowest BCUT2D eigenvalue weighted by molar-refractivity contribution is -0.137. The SMILES string of the molecule is O=C(Nc1ccc(Cl)c(C(F)(F)F)c1)c1ccc(N2CCCCC2)cc1. The summed E-state index contributed by atoms with van der Waals surface area (Å²) in [5.74, 6) is -0.467. The van der Waals surface area contributed by atoms with E-state index >= 15 is 0 Å². The van der Waals surface area contributed by atoms with Crippen molar-refractivity contribution < 1.29 is 18.0 Å². The van der Waals surface area contributed by atoms with Crippen LogP contribution in [-0.2, 0) is 6.18 Å². The molecule has 1 aliphatic heterocycles. The average Bonchev–Trinajstić information content (AvgIpc) is 2.63. The van der Waals surface area contributed by atoms with E-state index in [0.29, 0.717) is 5.56 Å². The van der Waals surface area contributed by atoms with E-state index in [0.717, 1.165) is 43.8 Å². The van der Waals surface area contributed by atoms with Crippen molar-refractivity contribution in [2.45, 2.75) is 25.4 Å². The molecule has 0 aliphatic carbocycles. The molecular formula is C19H18ClF3N2O. The smallest absolute Gasteiger partial charge is 0.372 e. The van der Waals surface area contributed by atoms with Gasteiger partial charge in [-0.2, -0.15) is 13.2 Å². The van der Waals surface area contributed by atoms with Crippen LogP contribution in [0.25, 0.3) is 0 Å². The molecule has 0 spiro atoms. The van der Waals surface area contributed by atoms with Crippen molar-refractivity contribution in [3.8, 4) is 0 Å². The number of piperidine rings is 1. The quantitative estimate of drug-likeness (QED) is 0.749. The predicted octanol–water partition coefficient (Wildman–Crippen LogP) is 5.60. The van der Waals surface area contributed by atoms with Crippen molar-refractivity contribution in [2.24, 2.45) is 0 Å². The Kier molecular flexibility index (Phi) is 5.41. The first-order valence-corrected chi connectivity index (χ1v) is 8.75. The summed E-state index contributed by atoms with van der Waals surface area (Å²) in [7, 11) is 0. The molecule has 138 valence electrons. The van der Waals surface area contributed by atoms with E-state index in [9.17, 15) is 18.0 Å². The van der Waals surface area contributed by atoms with Crippen LogP contribution in [0.15, 0.2) is 42.5 Å². The fraction of sp³-hybridized carbons (Fsp3) is 0.316. The van der Waals surface area contributed by atoms with Gasteiger partial charge in [-0.05, 0) is 61.7 Å². The van der Waals surface area contributed by atoms with Gasteiger partial charge < -0.3 is 10.2 Å². The van der Waals surface area contributed by atoms with E-state index in [1.807, 2.05) is 12.1 Å². The number of alkyl halides is 3. The van der Waals surface area contributed by atoms with Gasteiger partial charge in [0, 0.05) is 30.0 Å². The second kappa shape index (κ2) is 7.58. The maximum absolute atomic E-state index is 12.9. The molecule has 7 heteroatoms. The lowest BCUT2D eigenvalue weighted by Crippen LogP contribution is -2.29. The largest absolute Gasteiger partial charge is 0.417 e. The van der Waals surface area contributed by atoms with Crippen molar-refractivity contribution in [3.63, 3.8) is 0 Å². The Hall–Kier alpha value is -2.21. The van der Waals surface area contributed by atoms with Crippen LogP contribution in [0.1, 0.15) is 35.2 Å². The number of nitrogens with one attached hydrogen (secondary N) is 1. The Morgan fingerprint density at radius 3 is 2.27 bits per heavy atom. The Labute approximate surface area is 154 Å².